The highest BCUT2D eigenvalue weighted by molar-refractivity contribution is 5.95. The van der Waals surface area contributed by atoms with E-state index in [1.165, 1.54) is 19.1 Å². The SMILES string of the molecule is C[C@H](NC(=O)[C@@H](N)Cc1ccc(O)cc1)C(=O)N[C@@H](Cc1c[nH]c2ccccc12)C(=O)N[C@@H](Cc1ccccc1)C(N)=O. The molecule has 224 valence electrons. The number of fused-ring (bicyclic) bond motifs is 1. The molecule has 11 nitrogen and oxygen atoms in total. The molecular weight excluding hydrogens is 548 g/mol. The molecule has 4 amide bonds. The van der Waals surface area contributed by atoms with Crippen LogP contribution in [-0.2, 0) is 38.4 Å². The first-order chi connectivity index (χ1) is 20.6. The minimum atomic E-state index is -1.09. The molecule has 11 heteroatoms. The van der Waals surface area contributed by atoms with Gasteiger partial charge in [0.15, 0.2) is 0 Å². The van der Waals surface area contributed by atoms with Crippen LogP contribution in [0.25, 0.3) is 10.9 Å². The number of aromatic nitrogens is 1. The van der Waals surface area contributed by atoms with Crippen LogP contribution in [0.4, 0.5) is 0 Å². The Hall–Kier alpha value is -5.16. The fourth-order valence-corrected chi connectivity index (χ4v) is 4.74. The first-order valence-corrected chi connectivity index (χ1v) is 13.9. The lowest BCUT2D eigenvalue weighted by atomic mass is 10.0. The Labute approximate surface area is 249 Å². The van der Waals surface area contributed by atoms with Gasteiger partial charge in [-0.05, 0) is 48.2 Å². The Kier molecular flexibility index (Phi) is 10.1. The van der Waals surface area contributed by atoms with Crippen molar-refractivity contribution in [1.29, 1.82) is 0 Å². The van der Waals surface area contributed by atoms with Crippen molar-refractivity contribution >= 4 is 34.5 Å². The van der Waals surface area contributed by atoms with E-state index >= 15 is 0 Å². The van der Waals surface area contributed by atoms with Gasteiger partial charge in [-0.1, -0.05) is 60.7 Å². The van der Waals surface area contributed by atoms with E-state index in [1.807, 2.05) is 54.6 Å². The summed E-state index contributed by atoms with van der Waals surface area (Å²) in [5.41, 5.74) is 14.9. The van der Waals surface area contributed by atoms with E-state index in [1.54, 1.807) is 18.3 Å². The van der Waals surface area contributed by atoms with E-state index in [0.29, 0.717) is 0 Å². The summed E-state index contributed by atoms with van der Waals surface area (Å²) in [5.74, 6) is -2.37. The fraction of sp³-hybridized carbons (Fsp3) is 0.250. The average Bonchev–Trinajstić information content (AvgIpc) is 3.40. The van der Waals surface area contributed by atoms with Crippen molar-refractivity contribution in [2.45, 2.75) is 50.4 Å². The van der Waals surface area contributed by atoms with E-state index in [9.17, 15) is 24.3 Å². The molecule has 4 atom stereocenters. The van der Waals surface area contributed by atoms with Gasteiger partial charge in [0.05, 0.1) is 6.04 Å². The lowest BCUT2D eigenvalue weighted by Gasteiger charge is -2.24. The van der Waals surface area contributed by atoms with Crippen LogP contribution in [0.2, 0.25) is 0 Å². The molecule has 4 rings (SSSR count). The molecule has 0 aliphatic rings. The maximum absolute atomic E-state index is 13.6. The van der Waals surface area contributed by atoms with E-state index < -0.39 is 47.8 Å². The summed E-state index contributed by atoms with van der Waals surface area (Å²) in [6, 6.07) is 18.9. The molecule has 3 aromatic carbocycles. The zero-order valence-corrected chi connectivity index (χ0v) is 23.7. The van der Waals surface area contributed by atoms with Gasteiger partial charge in [0.1, 0.15) is 23.9 Å². The van der Waals surface area contributed by atoms with Crippen LogP contribution in [0.15, 0.2) is 85.1 Å². The number of hydrogen-bond acceptors (Lipinski definition) is 6. The number of phenols is 1. The quantitative estimate of drug-likeness (QED) is 0.123. The van der Waals surface area contributed by atoms with E-state index in [2.05, 4.69) is 20.9 Å². The highest BCUT2D eigenvalue weighted by Crippen LogP contribution is 2.19. The number of H-pyrrole nitrogens is 1. The zero-order valence-electron chi connectivity index (χ0n) is 23.7. The minimum absolute atomic E-state index is 0.0977. The molecule has 43 heavy (non-hydrogen) atoms. The molecule has 0 saturated carbocycles. The minimum Gasteiger partial charge on any atom is -0.508 e. The van der Waals surface area contributed by atoms with Gasteiger partial charge in [-0.2, -0.15) is 0 Å². The van der Waals surface area contributed by atoms with Crippen molar-refractivity contribution in [2.24, 2.45) is 11.5 Å². The molecule has 0 saturated heterocycles. The largest absolute Gasteiger partial charge is 0.508 e. The number of aromatic hydroxyl groups is 1. The molecule has 0 radical (unpaired) electrons. The van der Waals surface area contributed by atoms with Crippen molar-refractivity contribution in [1.82, 2.24) is 20.9 Å². The molecule has 1 aromatic heterocycles. The lowest BCUT2D eigenvalue weighted by Crippen LogP contribution is -2.57. The Balaban J connectivity index is 1.46. The molecule has 0 aliphatic carbocycles. The molecular formula is C32H36N6O5. The van der Waals surface area contributed by atoms with Gasteiger partial charge in [0.2, 0.25) is 23.6 Å². The number of carbonyl (C=O) groups is 4. The predicted molar refractivity (Wildman–Crippen MR) is 163 cm³/mol. The van der Waals surface area contributed by atoms with Crippen LogP contribution in [0.3, 0.4) is 0 Å². The number of nitrogens with one attached hydrogen (secondary N) is 4. The highest BCUT2D eigenvalue weighted by atomic mass is 16.3. The number of rotatable bonds is 13. The number of primary amides is 1. The maximum atomic E-state index is 13.6. The number of amides is 4. The highest BCUT2D eigenvalue weighted by Gasteiger charge is 2.29. The van der Waals surface area contributed by atoms with Crippen molar-refractivity contribution in [2.75, 3.05) is 0 Å². The fourth-order valence-electron chi connectivity index (χ4n) is 4.74. The van der Waals surface area contributed by atoms with Crippen molar-refractivity contribution < 1.29 is 24.3 Å². The van der Waals surface area contributed by atoms with Gasteiger partial charge in [0.25, 0.3) is 0 Å². The van der Waals surface area contributed by atoms with Crippen LogP contribution in [-0.4, -0.2) is 57.9 Å². The Morgan fingerprint density at radius 2 is 1.37 bits per heavy atom. The van der Waals surface area contributed by atoms with Crippen LogP contribution in [0, 0.1) is 0 Å². The summed E-state index contributed by atoms with van der Waals surface area (Å²) >= 11 is 0. The second-order valence-electron chi connectivity index (χ2n) is 10.5. The smallest absolute Gasteiger partial charge is 0.243 e. The molecule has 9 N–H and O–H groups in total. The third-order valence-corrected chi connectivity index (χ3v) is 7.16. The molecule has 0 spiro atoms. The molecule has 0 unspecified atom stereocenters. The Bertz CT molecular complexity index is 1570. The van der Waals surface area contributed by atoms with Crippen molar-refractivity contribution in [3.63, 3.8) is 0 Å². The number of nitrogens with two attached hydrogens (primary N) is 2. The van der Waals surface area contributed by atoms with Gasteiger partial charge in [-0.3, -0.25) is 19.2 Å². The van der Waals surface area contributed by atoms with Crippen LogP contribution < -0.4 is 27.4 Å². The zero-order chi connectivity index (χ0) is 30.9. The average molecular weight is 585 g/mol. The first kappa shape index (κ1) is 30.8. The number of aromatic amines is 1. The molecule has 0 fully saturated rings. The van der Waals surface area contributed by atoms with Crippen LogP contribution >= 0.6 is 0 Å². The number of phenolic OH excluding ortho intramolecular Hbond substituents is 1. The molecule has 1 heterocycles. The Morgan fingerprint density at radius 3 is 2.07 bits per heavy atom. The number of carbonyl (C=O) groups excluding carboxylic acids is 4. The number of benzene rings is 3. The number of para-hydroxylation sites is 1. The van der Waals surface area contributed by atoms with Crippen LogP contribution in [0.5, 0.6) is 5.75 Å². The summed E-state index contributed by atoms with van der Waals surface area (Å²) in [5, 5.41) is 18.4. The van der Waals surface area contributed by atoms with Gasteiger partial charge in [0, 0.05) is 29.9 Å². The van der Waals surface area contributed by atoms with Crippen molar-refractivity contribution in [3.8, 4) is 5.75 Å². The van der Waals surface area contributed by atoms with Gasteiger partial charge in [-0.15, -0.1) is 0 Å². The summed E-state index contributed by atoms with van der Waals surface area (Å²) in [7, 11) is 0. The first-order valence-electron chi connectivity index (χ1n) is 13.9. The second kappa shape index (κ2) is 14.1. The van der Waals surface area contributed by atoms with Gasteiger partial charge in [-0.25, -0.2) is 0 Å². The van der Waals surface area contributed by atoms with Gasteiger partial charge >= 0.3 is 0 Å². The van der Waals surface area contributed by atoms with E-state index in [0.717, 1.165) is 27.6 Å². The molecule has 4 aromatic rings. The normalized spacial score (nSPS) is 13.8. The lowest BCUT2D eigenvalue weighted by molar-refractivity contribution is -0.133. The molecule has 0 bridgehead atoms. The third kappa shape index (κ3) is 8.43. The van der Waals surface area contributed by atoms with Crippen LogP contribution in [0.1, 0.15) is 23.6 Å². The standard InChI is InChI=1S/C32H36N6O5/c1-19(36-31(42)25(33)15-21-11-13-23(39)14-12-21)30(41)38-28(17-22-18-35-26-10-6-5-9-24(22)26)32(43)37-27(29(34)40)16-20-7-3-2-4-8-20/h2-14,18-19,25,27-28,35,39H,15-17,33H2,1H3,(H2,34,40)(H,36,42)(H,37,43)(H,38,41)/t19-,25-,27-,28-/m0/s1. The maximum Gasteiger partial charge on any atom is 0.243 e. The van der Waals surface area contributed by atoms with Gasteiger partial charge < -0.3 is 37.5 Å². The predicted octanol–water partition coefficient (Wildman–Crippen LogP) is 1.19. The summed E-state index contributed by atoms with van der Waals surface area (Å²) in [6.45, 7) is 1.49. The van der Waals surface area contributed by atoms with E-state index in [4.69, 9.17) is 11.5 Å². The summed E-state index contributed by atoms with van der Waals surface area (Å²) in [6.07, 6.45) is 2.25. The van der Waals surface area contributed by atoms with Crippen molar-refractivity contribution in [3.05, 3.63) is 102 Å². The molecule has 0 aliphatic heterocycles. The van der Waals surface area contributed by atoms with E-state index in [-0.39, 0.29) is 25.0 Å². The topological polar surface area (TPSA) is 192 Å². The second-order valence-corrected chi connectivity index (χ2v) is 10.5. The monoisotopic (exact) mass is 584 g/mol. The Morgan fingerprint density at radius 1 is 0.744 bits per heavy atom. The summed E-state index contributed by atoms with van der Waals surface area (Å²) in [4.78, 5) is 55.0. The third-order valence-electron chi connectivity index (χ3n) is 7.16. The summed E-state index contributed by atoms with van der Waals surface area (Å²) < 4.78 is 0. The number of hydrogen-bond donors (Lipinski definition) is 7.